The molecule has 0 atom stereocenters. The number of nitrogens with one attached hydrogen (secondary N) is 1. The highest BCUT2D eigenvalue weighted by molar-refractivity contribution is 7.89. The number of hydrogen-bond acceptors (Lipinski definition) is 4. The Bertz CT molecular complexity index is 941. The maximum absolute atomic E-state index is 13.2. The van der Waals surface area contributed by atoms with Crippen LogP contribution in [-0.4, -0.2) is 37.4 Å². The van der Waals surface area contributed by atoms with Crippen LogP contribution in [0.4, 0.5) is 4.39 Å². The van der Waals surface area contributed by atoms with Gasteiger partial charge in [-0.25, -0.2) is 18.2 Å². The van der Waals surface area contributed by atoms with Gasteiger partial charge in [0.1, 0.15) is 5.82 Å². The van der Waals surface area contributed by atoms with E-state index in [1.54, 1.807) is 18.2 Å². The fourth-order valence-corrected chi connectivity index (χ4v) is 5.07. The number of nitrogens with zero attached hydrogens (tertiary/aromatic N) is 2. The van der Waals surface area contributed by atoms with Crippen molar-refractivity contribution in [2.75, 3.05) is 6.54 Å². The molecule has 0 spiro atoms. The monoisotopic (exact) mass is 417 g/mol. The van der Waals surface area contributed by atoms with Gasteiger partial charge in [0.2, 0.25) is 10.0 Å². The molecular weight excluding hydrogens is 393 g/mol. The number of sulfonamides is 1. The number of rotatable bonds is 7. The van der Waals surface area contributed by atoms with Crippen molar-refractivity contribution in [1.29, 1.82) is 0 Å². The van der Waals surface area contributed by atoms with Crippen molar-refractivity contribution in [2.24, 2.45) is 5.10 Å². The largest absolute Gasteiger partial charge is 0.272 e. The summed E-state index contributed by atoms with van der Waals surface area (Å²) < 4.78 is 40.6. The van der Waals surface area contributed by atoms with Crippen LogP contribution in [0, 0.1) is 5.82 Å². The second-order valence-electron chi connectivity index (χ2n) is 7.00. The molecule has 1 aliphatic carbocycles. The maximum atomic E-state index is 13.2. The summed E-state index contributed by atoms with van der Waals surface area (Å²) in [6, 6.07) is 13.6. The predicted molar refractivity (Wildman–Crippen MR) is 109 cm³/mol. The van der Waals surface area contributed by atoms with Crippen molar-refractivity contribution in [3.63, 3.8) is 0 Å². The number of carbonyl (C=O) groups excluding carboxylic acids is 1. The van der Waals surface area contributed by atoms with Crippen LogP contribution >= 0.6 is 0 Å². The molecule has 0 radical (unpaired) electrons. The smallest absolute Gasteiger partial charge is 0.255 e. The Labute approximate surface area is 170 Å². The molecule has 0 aliphatic heterocycles. The van der Waals surface area contributed by atoms with Crippen LogP contribution in [0.25, 0.3) is 0 Å². The van der Waals surface area contributed by atoms with Crippen molar-refractivity contribution >= 4 is 22.1 Å². The van der Waals surface area contributed by atoms with E-state index in [1.807, 2.05) is 0 Å². The lowest BCUT2D eigenvalue weighted by molar-refractivity contribution is -0.121. The first kappa shape index (κ1) is 21.1. The summed E-state index contributed by atoms with van der Waals surface area (Å²) in [5.41, 5.74) is 2.99. The summed E-state index contributed by atoms with van der Waals surface area (Å²) in [5, 5.41) is 3.86. The van der Waals surface area contributed by atoms with Crippen LogP contribution in [0.15, 0.2) is 64.6 Å². The Morgan fingerprint density at radius 2 is 1.72 bits per heavy atom. The molecule has 1 amide bonds. The average molecular weight is 418 g/mol. The summed E-state index contributed by atoms with van der Waals surface area (Å²) in [7, 11) is -3.80. The normalized spacial score (nSPS) is 15.7. The van der Waals surface area contributed by atoms with Crippen LogP contribution in [0.5, 0.6) is 0 Å². The second-order valence-corrected chi connectivity index (χ2v) is 8.89. The predicted octanol–water partition coefficient (Wildman–Crippen LogP) is 3.30. The SMILES string of the molecule is O=C(CN(C1CCCCC1)S(=O)(=O)c1ccccc1)N/N=C/c1ccc(F)cc1. The highest BCUT2D eigenvalue weighted by atomic mass is 32.2. The molecule has 0 heterocycles. The molecule has 2 aromatic carbocycles. The van der Waals surface area contributed by atoms with E-state index >= 15 is 0 Å². The molecule has 0 unspecified atom stereocenters. The zero-order chi connectivity index (χ0) is 20.7. The molecule has 0 bridgehead atoms. The third-order valence-corrected chi connectivity index (χ3v) is 6.82. The number of amides is 1. The van der Waals surface area contributed by atoms with E-state index in [9.17, 15) is 17.6 Å². The quantitative estimate of drug-likeness (QED) is 0.555. The van der Waals surface area contributed by atoms with E-state index < -0.39 is 15.9 Å². The lowest BCUT2D eigenvalue weighted by Crippen LogP contribution is -2.46. The average Bonchev–Trinajstić information content (AvgIpc) is 2.74. The zero-order valence-electron chi connectivity index (χ0n) is 16.0. The van der Waals surface area contributed by atoms with Gasteiger partial charge in [-0.3, -0.25) is 4.79 Å². The van der Waals surface area contributed by atoms with Crippen molar-refractivity contribution in [2.45, 2.75) is 43.0 Å². The third kappa shape index (κ3) is 5.71. The van der Waals surface area contributed by atoms with Gasteiger partial charge in [-0.05, 0) is 42.7 Å². The molecule has 1 N–H and O–H groups in total. The molecule has 0 aromatic heterocycles. The Morgan fingerprint density at radius 3 is 2.38 bits per heavy atom. The molecule has 3 rings (SSSR count). The van der Waals surface area contributed by atoms with E-state index in [4.69, 9.17) is 0 Å². The first-order chi connectivity index (χ1) is 14.0. The van der Waals surface area contributed by atoms with Gasteiger partial charge in [0, 0.05) is 6.04 Å². The standard InChI is InChI=1S/C21H24FN3O3S/c22-18-13-11-17(12-14-18)15-23-24-21(26)16-25(19-7-3-1-4-8-19)29(27,28)20-9-5-2-6-10-20/h2,5-6,9-15,19H,1,3-4,7-8,16H2,(H,24,26)/b23-15+. The van der Waals surface area contributed by atoms with Crippen LogP contribution in [-0.2, 0) is 14.8 Å². The summed E-state index contributed by atoms with van der Waals surface area (Å²) in [6.45, 7) is -0.303. The van der Waals surface area contributed by atoms with Gasteiger partial charge in [0.05, 0.1) is 17.7 Å². The van der Waals surface area contributed by atoms with Crippen LogP contribution in [0.3, 0.4) is 0 Å². The van der Waals surface area contributed by atoms with Crippen LogP contribution in [0.1, 0.15) is 37.7 Å². The molecule has 0 saturated heterocycles. The minimum Gasteiger partial charge on any atom is -0.272 e. The summed E-state index contributed by atoms with van der Waals surface area (Å²) in [6.07, 6.45) is 5.81. The van der Waals surface area contributed by atoms with Crippen molar-refractivity contribution in [3.05, 3.63) is 66.0 Å². The number of halogens is 1. The van der Waals surface area contributed by atoms with Gasteiger partial charge in [-0.15, -0.1) is 0 Å². The van der Waals surface area contributed by atoms with E-state index in [2.05, 4.69) is 10.5 Å². The molecule has 2 aromatic rings. The Kier molecular flexibility index (Phi) is 7.11. The number of hydrazone groups is 1. The highest BCUT2D eigenvalue weighted by Crippen LogP contribution is 2.27. The Hall–Kier alpha value is -2.58. The van der Waals surface area contributed by atoms with Gasteiger partial charge in [0.15, 0.2) is 0 Å². The fraction of sp³-hybridized carbons (Fsp3) is 0.333. The van der Waals surface area contributed by atoms with E-state index in [1.165, 1.54) is 46.9 Å². The minimum absolute atomic E-state index is 0.174. The Morgan fingerprint density at radius 1 is 1.07 bits per heavy atom. The van der Waals surface area contributed by atoms with E-state index in [0.29, 0.717) is 5.56 Å². The van der Waals surface area contributed by atoms with Crippen molar-refractivity contribution in [1.82, 2.24) is 9.73 Å². The summed E-state index contributed by atoms with van der Waals surface area (Å²) in [5.74, 6) is -0.881. The van der Waals surface area contributed by atoms with Crippen LogP contribution in [0.2, 0.25) is 0 Å². The molecule has 1 fully saturated rings. The fourth-order valence-electron chi connectivity index (χ4n) is 3.41. The van der Waals surface area contributed by atoms with Crippen LogP contribution < -0.4 is 5.43 Å². The Balaban J connectivity index is 1.72. The summed E-state index contributed by atoms with van der Waals surface area (Å²) in [4.78, 5) is 12.6. The van der Waals surface area contributed by atoms with Gasteiger partial charge in [0.25, 0.3) is 5.91 Å². The molecule has 1 saturated carbocycles. The lowest BCUT2D eigenvalue weighted by Gasteiger charge is -2.32. The minimum atomic E-state index is -3.80. The molecule has 8 heteroatoms. The number of benzene rings is 2. The maximum Gasteiger partial charge on any atom is 0.255 e. The third-order valence-electron chi connectivity index (χ3n) is 4.90. The number of carbonyl (C=O) groups is 1. The first-order valence-electron chi connectivity index (χ1n) is 9.61. The van der Waals surface area contributed by atoms with Gasteiger partial charge >= 0.3 is 0 Å². The van der Waals surface area contributed by atoms with E-state index in [-0.39, 0.29) is 23.3 Å². The molecule has 154 valence electrons. The molecular formula is C21H24FN3O3S. The molecule has 1 aliphatic rings. The summed E-state index contributed by atoms with van der Waals surface area (Å²) >= 11 is 0. The topological polar surface area (TPSA) is 78.8 Å². The first-order valence-corrected chi connectivity index (χ1v) is 11.1. The molecule has 6 nitrogen and oxygen atoms in total. The van der Waals surface area contributed by atoms with Crippen molar-refractivity contribution in [3.8, 4) is 0 Å². The zero-order valence-corrected chi connectivity index (χ0v) is 16.8. The second kappa shape index (κ2) is 9.76. The van der Waals surface area contributed by atoms with Gasteiger partial charge < -0.3 is 0 Å². The highest BCUT2D eigenvalue weighted by Gasteiger charge is 2.33. The van der Waals surface area contributed by atoms with E-state index in [0.717, 1.165) is 32.1 Å². The van der Waals surface area contributed by atoms with Crippen molar-refractivity contribution < 1.29 is 17.6 Å². The van der Waals surface area contributed by atoms with Gasteiger partial charge in [-0.1, -0.05) is 49.6 Å². The lowest BCUT2D eigenvalue weighted by atomic mass is 9.95. The van der Waals surface area contributed by atoms with Gasteiger partial charge in [-0.2, -0.15) is 9.41 Å². The molecule has 29 heavy (non-hydrogen) atoms. The number of hydrogen-bond donors (Lipinski definition) is 1.